The molecule has 0 amide bonds. The van der Waals surface area contributed by atoms with Crippen molar-refractivity contribution < 1.29 is 0 Å². The van der Waals surface area contributed by atoms with Crippen LogP contribution in [0.25, 0.3) is 63.4 Å². The van der Waals surface area contributed by atoms with Crippen molar-refractivity contribution in [1.29, 1.82) is 0 Å². The van der Waals surface area contributed by atoms with Gasteiger partial charge in [-0.25, -0.2) is 0 Å². The van der Waals surface area contributed by atoms with Crippen LogP contribution in [-0.2, 0) is 0 Å². The molecule has 0 aliphatic heterocycles. The average Bonchev–Trinajstić information content (AvgIpc) is 3.91. The lowest BCUT2D eigenvalue weighted by atomic mass is 10.0. The SMILES string of the molecule is CCCCCCNc1ccc(-n2c3ccccc3c3sc(-c4cc5c(s4)c4ccccc4n5-c4ccc(C(N)CCCCC)cc4)cc32)cc1. The first-order valence-corrected chi connectivity index (χ1v) is 20.0. The highest BCUT2D eigenvalue weighted by atomic mass is 32.1. The van der Waals surface area contributed by atoms with Crippen LogP contribution in [0.2, 0.25) is 0 Å². The highest BCUT2D eigenvalue weighted by molar-refractivity contribution is 7.29. The number of thiophene rings is 2. The minimum atomic E-state index is 0.0881. The average molecular weight is 695 g/mol. The number of nitrogens with zero attached hydrogens (tertiary/aromatic N) is 2. The summed E-state index contributed by atoms with van der Waals surface area (Å²) < 4.78 is 7.54. The molecule has 1 atom stereocenters. The maximum atomic E-state index is 6.59. The van der Waals surface area contributed by atoms with Gasteiger partial charge in [-0.1, -0.05) is 101 Å². The van der Waals surface area contributed by atoms with Crippen molar-refractivity contribution in [2.75, 3.05) is 11.9 Å². The minimum Gasteiger partial charge on any atom is -0.385 e. The van der Waals surface area contributed by atoms with Gasteiger partial charge in [-0.15, -0.1) is 22.7 Å². The summed E-state index contributed by atoms with van der Waals surface area (Å²) in [6.07, 6.45) is 9.74. The molecule has 50 heavy (non-hydrogen) atoms. The Kier molecular flexibility index (Phi) is 9.50. The molecule has 8 rings (SSSR count). The van der Waals surface area contributed by atoms with Gasteiger partial charge in [0.05, 0.1) is 31.5 Å². The number of hydrogen-bond donors (Lipinski definition) is 2. The summed E-state index contributed by atoms with van der Waals surface area (Å²) in [5, 5.41) is 6.23. The summed E-state index contributed by atoms with van der Waals surface area (Å²) in [5.41, 5.74) is 16.4. The van der Waals surface area contributed by atoms with Gasteiger partial charge >= 0.3 is 0 Å². The molecule has 4 heterocycles. The van der Waals surface area contributed by atoms with E-state index in [9.17, 15) is 0 Å². The van der Waals surface area contributed by atoms with E-state index < -0.39 is 0 Å². The van der Waals surface area contributed by atoms with Crippen LogP contribution in [-0.4, -0.2) is 15.7 Å². The molecule has 3 N–H and O–H groups in total. The molecule has 0 aliphatic rings. The maximum Gasteiger partial charge on any atom is 0.0655 e. The van der Waals surface area contributed by atoms with E-state index in [4.69, 9.17) is 5.73 Å². The molecule has 0 aliphatic carbocycles. The second kappa shape index (κ2) is 14.5. The number of aromatic nitrogens is 2. The van der Waals surface area contributed by atoms with Gasteiger partial charge in [0, 0.05) is 50.2 Å². The summed E-state index contributed by atoms with van der Waals surface area (Å²) >= 11 is 3.82. The first-order valence-electron chi connectivity index (χ1n) is 18.4. The monoisotopic (exact) mass is 694 g/mol. The molecule has 8 aromatic rings. The highest BCUT2D eigenvalue weighted by Crippen LogP contribution is 2.46. The van der Waals surface area contributed by atoms with E-state index in [1.165, 1.54) is 120 Å². The van der Waals surface area contributed by atoms with Crippen LogP contribution in [0.5, 0.6) is 0 Å². The lowest BCUT2D eigenvalue weighted by Gasteiger charge is -2.13. The lowest BCUT2D eigenvalue weighted by Crippen LogP contribution is -2.10. The molecular formula is C44H46N4S2. The summed E-state index contributed by atoms with van der Waals surface area (Å²) in [7, 11) is 0. The predicted molar refractivity (Wildman–Crippen MR) is 220 cm³/mol. The largest absolute Gasteiger partial charge is 0.385 e. The molecular weight excluding hydrogens is 649 g/mol. The zero-order valence-electron chi connectivity index (χ0n) is 29.1. The zero-order valence-corrected chi connectivity index (χ0v) is 30.8. The molecule has 4 aromatic heterocycles. The van der Waals surface area contributed by atoms with Gasteiger partial charge in [0.15, 0.2) is 0 Å². The van der Waals surface area contributed by atoms with Gasteiger partial charge < -0.3 is 20.2 Å². The summed E-state index contributed by atoms with van der Waals surface area (Å²) in [5.74, 6) is 0. The molecule has 0 fully saturated rings. The van der Waals surface area contributed by atoms with Gasteiger partial charge in [0.1, 0.15) is 0 Å². The Morgan fingerprint density at radius 3 is 1.66 bits per heavy atom. The Morgan fingerprint density at radius 2 is 1.10 bits per heavy atom. The lowest BCUT2D eigenvalue weighted by molar-refractivity contribution is 0.581. The smallest absolute Gasteiger partial charge is 0.0655 e. The quantitative estimate of drug-likeness (QED) is 0.111. The molecule has 0 radical (unpaired) electrons. The van der Waals surface area contributed by atoms with E-state index in [2.05, 4.69) is 137 Å². The van der Waals surface area contributed by atoms with E-state index in [0.717, 1.165) is 13.0 Å². The molecule has 0 saturated carbocycles. The van der Waals surface area contributed by atoms with E-state index in [0.29, 0.717) is 0 Å². The van der Waals surface area contributed by atoms with Crippen LogP contribution in [0.3, 0.4) is 0 Å². The molecule has 254 valence electrons. The van der Waals surface area contributed by atoms with Crippen LogP contribution in [0.4, 0.5) is 5.69 Å². The fourth-order valence-electron chi connectivity index (χ4n) is 7.43. The molecule has 0 bridgehead atoms. The van der Waals surface area contributed by atoms with Gasteiger partial charge in [-0.05, 0) is 79.1 Å². The van der Waals surface area contributed by atoms with Crippen molar-refractivity contribution in [2.45, 2.75) is 71.3 Å². The standard InChI is InChI=1S/C44H46N4S2/c1-3-5-7-13-27-46-31-21-25-33(26-22-31)48-38-18-12-10-15-35(38)44-40(48)29-42(50-44)41-28-39-43(49-41)34-14-9-11-17-37(34)47(39)32-23-19-30(20-24-32)36(45)16-8-6-4-2/h9-12,14-15,17-26,28-29,36,46H,3-8,13,16,27,45H2,1-2H3. The number of para-hydroxylation sites is 2. The molecule has 0 spiro atoms. The van der Waals surface area contributed by atoms with Crippen molar-refractivity contribution in [3.05, 3.63) is 115 Å². The Bertz CT molecular complexity index is 2370. The highest BCUT2D eigenvalue weighted by Gasteiger charge is 2.20. The van der Waals surface area contributed by atoms with Gasteiger partial charge in [-0.3, -0.25) is 0 Å². The number of benzene rings is 4. The topological polar surface area (TPSA) is 47.9 Å². The Morgan fingerprint density at radius 1 is 0.580 bits per heavy atom. The number of anilines is 1. The van der Waals surface area contributed by atoms with Crippen LogP contribution in [0, 0.1) is 0 Å². The number of hydrogen-bond acceptors (Lipinski definition) is 4. The number of unbranched alkanes of at least 4 members (excludes halogenated alkanes) is 5. The van der Waals surface area contributed by atoms with Gasteiger partial charge in [0.25, 0.3) is 0 Å². The van der Waals surface area contributed by atoms with Crippen LogP contribution < -0.4 is 11.1 Å². The van der Waals surface area contributed by atoms with Crippen molar-refractivity contribution in [2.24, 2.45) is 5.73 Å². The Hall–Kier alpha value is -4.36. The third-order valence-electron chi connectivity index (χ3n) is 10.1. The Balaban J connectivity index is 1.16. The van der Waals surface area contributed by atoms with Crippen LogP contribution in [0.15, 0.2) is 109 Å². The molecule has 6 heteroatoms. The molecule has 4 aromatic carbocycles. The van der Waals surface area contributed by atoms with E-state index in [-0.39, 0.29) is 6.04 Å². The minimum absolute atomic E-state index is 0.0881. The van der Waals surface area contributed by atoms with Crippen molar-refractivity contribution >= 4 is 70.6 Å². The van der Waals surface area contributed by atoms with E-state index in [1.807, 2.05) is 22.7 Å². The first kappa shape index (κ1) is 32.8. The number of nitrogens with one attached hydrogen (secondary N) is 1. The summed E-state index contributed by atoms with van der Waals surface area (Å²) in [6.45, 7) is 5.53. The van der Waals surface area contributed by atoms with E-state index in [1.54, 1.807) is 0 Å². The summed E-state index contributed by atoms with van der Waals surface area (Å²) in [4.78, 5) is 2.62. The fourth-order valence-corrected chi connectivity index (χ4v) is 9.85. The zero-order chi connectivity index (χ0) is 34.0. The number of rotatable bonds is 14. The summed E-state index contributed by atoms with van der Waals surface area (Å²) in [6, 6.07) is 40.5. The normalized spacial score (nSPS) is 12.5. The number of fused-ring (bicyclic) bond motifs is 6. The van der Waals surface area contributed by atoms with Crippen molar-refractivity contribution in [1.82, 2.24) is 9.13 Å². The molecule has 4 nitrogen and oxygen atoms in total. The molecule has 0 saturated heterocycles. The second-order valence-corrected chi connectivity index (χ2v) is 15.7. The van der Waals surface area contributed by atoms with Gasteiger partial charge in [0.2, 0.25) is 0 Å². The fraction of sp³-hybridized carbons (Fsp3) is 0.273. The van der Waals surface area contributed by atoms with Crippen LogP contribution >= 0.6 is 22.7 Å². The number of nitrogens with two attached hydrogens (primary N) is 1. The van der Waals surface area contributed by atoms with Crippen LogP contribution in [0.1, 0.15) is 76.8 Å². The van der Waals surface area contributed by atoms with Crippen molar-refractivity contribution in [3.8, 4) is 21.1 Å². The molecule has 1 unspecified atom stereocenters. The van der Waals surface area contributed by atoms with Crippen molar-refractivity contribution in [3.63, 3.8) is 0 Å². The Labute approximate surface area is 303 Å². The third-order valence-corrected chi connectivity index (χ3v) is 12.6. The van der Waals surface area contributed by atoms with Gasteiger partial charge in [-0.2, -0.15) is 0 Å². The third kappa shape index (κ3) is 6.14. The first-order chi connectivity index (χ1) is 24.6. The maximum absolute atomic E-state index is 6.59. The predicted octanol–water partition coefficient (Wildman–Crippen LogP) is 13.2. The second-order valence-electron chi connectivity index (χ2n) is 13.6. The van der Waals surface area contributed by atoms with E-state index >= 15 is 0 Å².